The van der Waals surface area contributed by atoms with Crippen LogP contribution in [0.4, 0.5) is 0 Å². The molecule has 3 heteroatoms. The summed E-state index contributed by atoms with van der Waals surface area (Å²) in [5.74, 6) is 0. The Kier molecular flexibility index (Phi) is 3.26. The summed E-state index contributed by atoms with van der Waals surface area (Å²) in [7, 11) is 0. The van der Waals surface area contributed by atoms with Gasteiger partial charge in [0.25, 0.3) is 0 Å². The fourth-order valence-electron chi connectivity index (χ4n) is 1.01. The lowest BCUT2D eigenvalue weighted by Gasteiger charge is -2.08. The Balaban J connectivity index is 1.96. The van der Waals surface area contributed by atoms with E-state index >= 15 is 0 Å². The van der Waals surface area contributed by atoms with Crippen LogP contribution in [0.25, 0.3) is 0 Å². The summed E-state index contributed by atoms with van der Waals surface area (Å²) in [4.78, 5) is 4.73. The van der Waals surface area contributed by atoms with Gasteiger partial charge in [-0.05, 0) is 12.8 Å². The summed E-state index contributed by atoms with van der Waals surface area (Å²) in [5.41, 5.74) is 2.73. The van der Waals surface area contributed by atoms with Crippen molar-refractivity contribution in [3.63, 3.8) is 0 Å². The molecule has 3 nitrogen and oxygen atoms in total. The van der Waals surface area contributed by atoms with Crippen molar-refractivity contribution in [2.24, 2.45) is 0 Å². The minimum absolute atomic E-state index is 0.333. The Labute approximate surface area is 61.0 Å². The van der Waals surface area contributed by atoms with E-state index in [1.54, 1.807) is 0 Å². The number of ether oxygens (including phenoxy) is 1. The van der Waals surface area contributed by atoms with E-state index in [0.29, 0.717) is 6.10 Å². The number of hydrogen-bond donors (Lipinski definition) is 1. The zero-order valence-corrected chi connectivity index (χ0v) is 6.01. The van der Waals surface area contributed by atoms with Gasteiger partial charge in [0, 0.05) is 6.61 Å². The van der Waals surface area contributed by atoms with Crippen molar-refractivity contribution in [3.8, 4) is 0 Å². The molecular formula is C7H13NO2. The zero-order chi connectivity index (χ0) is 7.23. The molecule has 0 saturated carbocycles. The van der Waals surface area contributed by atoms with E-state index in [-0.39, 0.29) is 0 Å². The molecule has 0 radical (unpaired) electrons. The summed E-state index contributed by atoms with van der Waals surface area (Å²) in [6, 6.07) is 0. The van der Waals surface area contributed by atoms with Crippen LogP contribution < -0.4 is 5.48 Å². The molecule has 1 unspecified atom stereocenters. The monoisotopic (exact) mass is 143 g/mol. The molecule has 0 aromatic heterocycles. The van der Waals surface area contributed by atoms with Crippen LogP contribution in [0.1, 0.15) is 12.8 Å². The van der Waals surface area contributed by atoms with Crippen molar-refractivity contribution in [2.75, 3.05) is 13.2 Å². The second-order valence-corrected chi connectivity index (χ2v) is 2.27. The summed E-state index contributed by atoms with van der Waals surface area (Å²) >= 11 is 0. The van der Waals surface area contributed by atoms with Crippen molar-refractivity contribution in [1.82, 2.24) is 5.48 Å². The molecule has 0 bridgehead atoms. The largest absolute Gasteiger partial charge is 0.417 e. The Morgan fingerprint density at radius 2 is 2.70 bits per heavy atom. The quantitative estimate of drug-likeness (QED) is 0.359. The maximum atomic E-state index is 5.32. The van der Waals surface area contributed by atoms with E-state index in [1.807, 2.05) is 0 Å². The van der Waals surface area contributed by atoms with E-state index < -0.39 is 0 Å². The molecule has 1 aliphatic heterocycles. The third-order valence-corrected chi connectivity index (χ3v) is 1.50. The standard InChI is InChI=1S/C7H13NO2/c1-2-10-8-6-7-4-3-5-9-7/h2,7-8H,1,3-6H2. The van der Waals surface area contributed by atoms with E-state index in [9.17, 15) is 0 Å². The van der Waals surface area contributed by atoms with Crippen LogP contribution >= 0.6 is 0 Å². The molecule has 10 heavy (non-hydrogen) atoms. The minimum atomic E-state index is 0.333. The predicted molar refractivity (Wildman–Crippen MR) is 38.3 cm³/mol. The van der Waals surface area contributed by atoms with Crippen LogP contribution in [0.15, 0.2) is 12.8 Å². The fourth-order valence-corrected chi connectivity index (χ4v) is 1.01. The second-order valence-electron chi connectivity index (χ2n) is 2.27. The molecule has 0 amide bonds. The highest BCUT2D eigenvalue weighted by Gasteiger charge is 2.14. The molecule has 1 saturated heterocycles. The third kappa shape index (κ3) is 2.37. The van der Waals surface area contributed by atoms with Crippen molar-refractivity contribution in [1.29, 1.82) is 0 Å². The maximum absolute atomic E-state index is 5.32. The SMILES string of the molecule is C=CONCC1CCCO1. The number of hydrogen-bond acceptors (Lipinski definition) is 3. The first-order valence-electron chi connectivity index (χ1n) is 3.54. The first-order valence-corrected chi connectivity index (χ1v) is 3.54. The van der Waals surface area contributed by atoms with Crippen LogP contribution in [0.2, 0.25) is 0 Å². The van der Waals surface area contributed by atoms with Crippen LogP contribution in [0.3, 0.4) is 0 Å². The topological polar surface area (TPSA) is 30.5 Å². The van der Waals surface area contributed by atoms with E-state index in [2.05, 4.69) is 12.1 Å². The molecule has 0 aromatic carbocycles. The Morgan fingerprint density at radius 3 is 3.30 bits per heavy atom. The first-order chi connectivity index (χ1) is 4.93. The summed E-state index contributed by atoms with van der Waals surface area (Å²) < 4.78 is 5.32. The van der Waals surface area contributed by atoms with Gasteiger partial charge in [0.15, 0.2) is 0 Å². The minimum Gasteiger partial charge on any atom is -0.417 e. The Hall–Kier alpha value is -0.540. The summed E-state index contributed by atoms with van der Waals surface area (Å²) in [6.45, 7) is 5.04. The van der Waals surface area contributed by atoms with Crippen molar-refractivity contribution >= 4 is 0 Å². The van der Waals surface area contributed by atoms with Gasteiger partial charge >= 0.3 is 0 Å². The maximum Gasteiger partial charge on any atom is 0.104 e. The van der Waals surface area contributed by atoms with Gasteiger partial charge in [0.1, 0.15) is 6.26 Å². The first kappa shape index (κ1) is 7.57. The zero-order valence-electron chi connectivity index (χ0n) is 6.01. The van der Waals surface area contributed by atoms with Crippen LogP contribution in [0.5, 0.6) is 0 Å². The molecule has 0 aromatic rings. The van der Waals surface area contributed by atoms with Gasteiger partial charge < -0.3 is 9.57 Å². The molecule has 1 N–H and O–H groups in total. The normalized spacial score (nSPS) is 24.6. The van der Waals surface area contributed by atoms with E-state index in [0.717, 1.165) is 19.6 Å². The molecule has 0 spiro atoms. The lowest BCUT2D eigenvalue weighted by atomic mass is 10.2. The van der Waals surface area contributed by atoms with Gasteiger partial charge in [-0.2, -0.15) is 5.48 Å². The average molecular weight is 143 g/mol. The van der Waals surface area contributed by atoms with Crippen LogP contribution in [-0.2, 0) is 9.57 Å². The van der Waals surface area contributed by atoms with Gasteiger partial charge in [-0.15, -0.1) is 0 Å². The van der Waals surface area contributed by atoms with Gasteiger partial charge in [-0.25, -0.2) is 0 Å². The fraction of sp³-hybridized carbons (Fsp3) is 0.714. The van der Waals surface area contributed by atoms with Crippen molar-refractivity contribution in [3.05, 3.63) is 12.8 Å². The smallest absolute Gasteiger partial charge is 0.104 e. The molecular weight excluding hydrogens is 130 g/mol. The Bertz CT molecular complexity index is 99.8. The molecule has 1 atom stereocenters. The predicted octanol–water partition coefficient (Wildman–Crippen LogP) is 0.830. The third-order valence-electron chi connectivity index (χ3n) is 1.50. The van der Waals surface area contributed by atoms with Gasteiger partial charge in [0.05, 0.1) is 12.6 Å². The summed E-state index contributed by atoms with van der Waals surface area (Å²) in [6.07, 6.45) is 4.00. The highest BCUT2D eigenvalue weighted by molar-refractivity contribution is 4.65. The van der Waals surface area contributed by atoms with Gasteiger partial charge in [-0.3, -0.25) is 0 Å². The van der Waals surface area contributed by atoms with Crippen molar-refractivity contribution in [2.45, 2.75) is 18.9 Å². The second kappa shape index (κ2) is 4.30. The summed E-state index contributed by atoms with van der Waals surface area (Å²) in [5, 5.41) is 0. The Morgan fingerprint density at radius 1 is 1.80 bits per heavy atom. The van der Waals surface area contributed by atoms with Crippen molar-refractivity contribution < 1.29 is 9.57 Å². The van der Waals surface area contributed by atoms with E-state index in [4.69, 9.17) is 9.57 Å². The lowest BCUT2D eigenvalue weighted by molar-refractivity contribution is 0.0555. The molecule has 1 aliphatic rings. The van der Waals surface area contributed by atoms with Crippen LogP contribution in [-0.4, -0.2) is 19.3 Å². The molecule has 58 valence electrons. The lowest BCUT2D eigenvalue weighted by Crippen LogP contribution is -2.24. The molecule has 1 fully saturated rings. The molecule has 1 rings (SSSR count). The number of nitrogens with one attached hydrogen (secondary N) is 1. The number of hydroxylamine groups is 1. The molecule has 1 heterocycles. The molecule has 0 aliphatic carbocycles. The highest BCUT2D eigenvalue weighted by Crippen LogP contribution is 2.10. The van der Waals surface area contributed by atoms with Crippen LogP contribution in [0, 0.1) is 0 Å². The average Bonchev–Trinajstić information content (AvgIpc) is 2.41. The van der Waals surface area contributed by atoms with Gasteiger partial charge in [0.2, 0.25) is 0 Å². The number of rotatable bonds is 4. The van der Waals surface area contributed by atoms with E-state index in [1.165, 1.54) is 12.7 Å². The van der Waals surface area contributed by atoms with Gasteiger partial charge in [-0.1, -0.05) is 6.58 Å². The highest BCUT2D eigenvalue weighted by atomic mass is 16.6.